The van der Waals surface area contributed by atoms with Crippen LogP contribution in [-0.2, 0) is 24.5 Å². The normalized spacial score (nSPS) is 24.5. The number of nitrogen functional groups attached to an aromatic ring is 1. The van der Waals surface area contributed by atoms with Gasteiger partial charge in [-0.25, -0.2) is 18.6 Å². The SMILES string of the molecule is COCCNC(=O)/C=C/[C@]12C[C@H]1[C@@](CF)(c1cc(N)ccc1F)N=C(OC(=O)NCOCC[Si](C)(C)C)S2. The van der Waals surface area contributed by atoms with Crippen LogP contribution in [-0.4, -0.2) is 70.3 Å². The van der Waals surface area contributed by atoms with Crippen molar-refractivity contribution in [3.8, 4) is 0 Å². The molecule has 2 aliphatic rings. The van der Waals surface area contributed by atoms with Crippen molar-refractivity contribution >= 4 is 42.8 Å². The number of nitrogens with zero attached hydrogens (tertiary/aromatic N) is 1. The van der Waals surface area contributed by atoms with Crippen LogP contribution in [0.1, 0.15) is 12.0 Å². The maximum absolute atomic E-state index is 15.0. The lowest BCUT2D eigenvalue weighted by atomic mass is 9.84. The van der Waals surface area contributed by atoms with E-state index >= 15 is 0 Å². The number of methoxy groups -OCH3 is 1. The Morgan fingerprint density at radius 2 is 2.05 bits per heavy atom. The largest absolute Gasteiger partial charge is 0.416 e. The maximum atomic E-state index is 15.0. The molecule has 0 unspecified atom stereocenters. The summed E-state index contributed by atoms with van der Waals surface area (Å²) in [6.45, 7) is 6.72. The maximum Gasteiger partial charge on any atom is 0.416 e. The van der Waals surface area contributed by atoms with E-state index in [1.807, 2.05) is 0 Å². The van der Waals surface area contributed by atoms with Crippen LogP contribution in [0.25, 0.3) is 0 Å². The van der Waals surface area contributed by atoms with Crippen molar-refractivity contribution in [3.05, 3.63) is 41.7 Å². The van der Waals surface area contributed by atoms with E-state index in [2.05, 4.69) is 35.3 Å². The molecular formula is C25H36F2N4O5SSi. The van der Waals surface area contributed by atoms with Gasteiger partial charge in [0.2, 0.25) is 5.91 Å². The van der Waals surface area contributed by atoms with Crippen LogP contribution in [0, 0.1) is 11.7 Å². The number of thioether (sulfide) groups is 1. The number of aliphatic imine (C=N–C) groups is 1. The van der Waals surface area contributed by atoms with Crippen molar-refractivity contribution < 1.29 is 32.6 Å². The second-order valence-corrected chi connectivity index (χ2v) is 17.5. The van der Waals surface area contributed by atoms with Gasteiger partial charge in [0.1, 0.15) is 24.8 Å². The van der Waals surface area contributed by atoms with Gasteiger partial charge in [0, 0.05) is 56.3 Å². The number of alkyl halides is 1. The third-order valence-corrected chi connectivity index (χ3v) is 9.40. The van der Waals surface area contributed by atoms with Crippen molar-refractivity contribution in [2.24, 2.45) is 10.9 Å². The van der Waals surface area contributed by atoms with Crippen molar-refractivity contribution in [2.75, 3.05) is 46.0 Å². The van der Waals surface area contributed by atoms with Crippen LogP contribution >= 0.6 is 11.8 Å². The quantitative estimate of drug-likeness (QED) is 0.115. The van der Waals surface area contributed by atoms with Gasteiger partial charge in [-0.2, -0.15) is 0 Å². The molecule has 0 aromatic heterocycles. The van der Waals surface area contributed by atoms with E-state index in [4.69, 9.17) is 19.9 Å². The summed E-state index contributed by atoms with van der Waals surface area (Å²) in [4.78, 5) is 29.2. The van der Waals surface area contributed by atoms with Crippen molar-refractivity contribution in [3.63, 3.8) is 0 Å². The van der Waals surface area contributed by atoms with E-state index in [1.165, 1.54) is 25.3 Å². The summed E-state index contributed by atoms with van der Waals surface area (Å²) in [7, 11) is 0.249. The third kappa shape index (κ3) is 7.55. The number of amides is 2. The minimum Gasteiger partial charge on any atom is -0.399 e. The number of nitrogens with two attached hydrogens (primary N) is 1. The Labute approximate surface area is 226 Å². The summed E-state index contributed by atoms with van der Waals surface area (Å²) in [5.74, 6) is -1.53. The Hall–Kier alpha value is -2.48. The molecule has 210 valence electrons. The summed E-state index contributed by atoms with van der Waals surface area (Å²) in [6.07, 6.45) is 2.53. The third-order valence-electron chi connectivity index (χ3n) is 6.38. The number of nitrogens with one attached hydrogen (secondary N) is 2. The average molecular weight is 571 g/mol. The number of carbonyl (C=O) groups is 2. The van der Waals surface area contributed by atoms with E-state index in [1.54, 1.807) is 6.08 Å². The number of ether oxygens (including phenoxy) is 3. The fourth-order valence-electron chi connectivity index (χ4n) is 4.18. The lowest BCUT2D eigenvalue weighted by Crippen LogP contribution is -2.40. The number of hydrogen-bond donors (Lipinski definition) is 3. The number of anilines is 1. The number of alkyl carbamates (subject to hydrolysis) is 1. The fourth-order valence-corrected chi connectivity index (χ4v) is 6.31. The predicted molar refractivity (Wildman–Crippen MR) is 147 cm³/mol. The minimum absolute atomic E-state index is 0.0266. The molecule has 0 bridgehead atoms. The van der Waals surface area contributed by atoms with Gasteiger partial charge in [0.25, 0.3) is 5.23 Å². The van der Waals surface area contributed by atoms with Gasteiger partial charge in [-0.15, -0.1) is 0 Å². The number of carbonyl (C=O) groups excluding carboxylic acids is 2. The molecule has 1 aromatic rings. The Morgan fingerprint density at radius 3 is 2.74 bits per heavy atom. The Morgan fingerprint density at radius 1 is 1.29 bits per heavy atom. The molecule has 1 aromatic carbocycles. The van der Waals surface area contributed by atoms with Gasteiger partial charge in [0.15, 0.2) is 0 Å². The molecule has 38 heavy (non-hydrogen) atoms. The fraction of sp³-hybridized carbons (Fsp3) is 0.560. The first-order chi connectivity index (χ1) is 17.9. The molecule has 3 atom stereocenters. The molecule has 4 N–H and O–H groups in total. The van der Waals surface area contributed by atoms with Gasteiger partial charge in [-0.05, 0) is 30.7 Å². The summed E-state index contributed by atoms with van der Waals surface area (Å²) >= 11 is 1.10. The molecule has 1 aliphatic heterocycles. The molecule has 1 heterocycles. The zero-order valence-corrected chi connectivity index (χ0v) is 24.0. The molecule has 2 amide bonds. The van der Waals surface area contributed by atoms with E-state index < -0.39 is 42.9 Å². The molecule has 0 spiro atoms. The highest BCUT2D eigenvalue weighted by molar-refractivity contribution is 8.15. The van der Waals surface area contributed by atoms with E-state index in [-0.39, 0.29) is 29.1 Å². The van der Waals surface area contributed by atoms with Gasteiger partial charge in [-0.3, -0.25) is 10.1 Å². The molecule has 0 radical (unpaired) electrons. The Kier molecular flexibility index (Phi) is 9.95. The van der Waals surface area contributed by atoms with E-state index in [9.17, 15) is 18.4 Å². The second-order valence-electron chi connectivity index (χ2n) is 10.5. The standard InChI is InChI=1S/C25H36F2N4O5SSi/c1-34-10-9-29-21(32)7-8-24-14-20(24)25(15-26,18-13-17(28)5-6-19(18)27)31-23(37-24)36-22(33)30-16-35-11-12-38(2,3)4/h5-8,13,20H,9-12,14-16,28H2,1-4H3,(H,29,32)(H,30,33)/b8-7+/t20-,24+,25-/m1/s1. The van der Waals surface area contributed by atoms with Crippen LogP contribution in [0.2, 0.25) is 25.7 Å². The lowest BCUT2D eigenvalue weighted by molar-refractivity contribution is -0.116. The molecule has 1 saturated carbocycles. The van der Waals surface area contributed by atoms with Crippen molar-refractivity contribution in [1.82, 2.24) is 10.6 Å². The molecule has 1 fully saturated rings. The predicted octanol–water partition coefficient (Wildman–Crippen LogP) is 3.79. The van der Waals surface area contributed by atoms with Crippen LogP contribution < -0.4 is 16.4 Å². The number of benzene rings is 1. The van der Waals surface area contributed by atoms with Gasteiger partial charge in [0.05, 0.1) is 6.61 Å². The number of halogens is 2. The first-order valence-electron chi connectivity index (χ1n) is 12.3. The number of fused-ring (bicyclic) bond motifs is 1. The zero-order chi connectivity index (χ0) is 28.0. The van der Waals surface area contributed by atoms with Crippen LogP contribution in [0.3, 0.4) is 0 Å². The first-order valence-corrected chi connectivity index (χ1v) is 16.9. The molecule has 13 heteroatoms. The molecule has 3 rings (SSSR count). The topological polar surface area (TPSA) is 124 Å². The summed E-state index contributed by atoms with van der Waals surface area (Å²) in [5.41, 5.74) is 4.44. The van der Waals surface area contributed by atoms with Crippen LogP contribution in [0.15, 0.2) is 35.3 Å². The summed E-state index contributed by atoms with van der Waals surface area (Å²) in [5, 5.41) is 5.04. The second kappa shape index (κ2) is 12.6. The lowest BCUT2D eigenvalue weighted by Gasteiger charge is -2.34. The molecule has 1 aliphatic carbocycles. The Balaban J connectivity index is 1.80. The van der Waals surface area contributed by atoms with Gasteiger partial charge in [-0.1, -0.05) is 37.5 Å². The molecule has 0 saturated heterocycles. The minimum atomic E-state index is -1.68. The smallest absolute Gasteiger partial charge is 0.399 e. The zero-order valence-electron chi connectivity index (χ0n) is 22.1. The average Bonchev–Trinajstić information content (AvgIpc) is 3.58. The van der Waals surface area contributed by atoms with Gasteiger partial charge < -0.3 is 25.3 Å². The Bertz CT molecular complexity index is 1090. The summed E-state index contributed by atoms with van der Waals surface area (Å²) < 4.78 is 44.8. The molecular weight excluding hydrogens is 534 g/mol. The highest BCUT2D eigenvalue weighted by atomic mass is 32.2. The highest BCUT2D eigenvalue weighted by Crippen LogP contribution is 2.67. The van der Waals surface area contributed by atoms with Gasteiger partial charge >= 0.3 is 6.09 Å². The summed E-state index contributed by atoms with van der Waals surface area (Å²) in [6, 6.07) is 4.83. The van der Waals surface area contributed by atoms with Crippen LogP contribution in [0.5, 0.6) is 0 Å². The number of hydrogen-bond acceptors (Lipinski definition) is 8. The van der Waals surface area contributed by atoms with Crippen LogP contribution in [0.4, 0.5) is 19.3 Å². The van der Waals surface area contributed by atoms with E-state index in [0.717, 1.165) is 23.9 Å². The van der Waals surface area contributed by atoms with E-state index in [0.29, 0.717) is 26.2 Å². The monoisotopic (exact) mass is 570 g/mol. The number of rotatable bonds is 12. The van der Waals surface area contributed by atoms with Crippen molar-refractivity contribution in [2.45, 2.75) is 42.4 Å². The molecule has 9 nitrogen and oxygen atoms in total. The highest BCUT2D eigenvalue weighted by Gasteiger charge is 2.68. The first kappa shape index (κ1) is 30.1. The van der Waals surface area contributed by atoms with Crippen molar-refractivity contribution in [1.29, 1.82) is 0 Å².